The van der Waals surface area contributed by atoms with E-state index < -0.39 is 0 Å². The van der Waals surface area contributed by atoms with E-state index in [1.54, 1.807) is 30.3 Å². The molecule has 17 heavy (non-hydrogen) atoms. The molecule has 0 aliphatic carbocycles. The molecule has 0 saturated carbocycles. The fourth-order valence-corrected chi connectivity index (χ4v) is 1.63. The monoisotopic (exact) mass is 295 g/mol. The van der Waals surface area contributed by atoms with Gasteiger partial charge in [-0.3, -0.25) is 9.59 Å². The Morgan fingerprint density at radius 3 is 2.41 bits per heavy atom. The lowest BCUT2D eigenvalue weighted by Gasteiger charge is -2.18. The highest BCUT2D eigenvalue weighted by Crippen LogP contribution is 2.11. The Hall–Kier alpha value is -1.42. The third kappa shape index (κ3) is 4.15. The van der Waals surface area contributed by atoms with Gasteiger partial charge in [0.05, 0.1) is 6.54 Å². The molecule has 1 rings (SSSR count). The molecular formula is C13H14BrNO2. The van der Waals surface area contributed by atoms with E-state index in [-0.39, 0.29) is 18.2 Å². The van der Waals surface area contributed by atoms with Gasteiger partial charge in [0.1, 0.15) is 0 Å². The first-order valence-electron chi connectivity index (χ1n) is 5.19. The first-order chi connectivity index (χ1) is 8.04. The van der Waals surface area contributed by atoms with Crippen LogP contribution >= 0.6 is 15.9 Å². The number of carbonyl (C=O) groups excluding carboxylic acids is 2. The minimum absolute atomic E-state index is 0.0745. The summed E-state index contributed by atoms with van der Waals surface area (Å²) < 4.78 is 0.920. The molecule has 0 fully saturated rings. The third-order valence-electron chi connectivity index (χ3n) is 2.30. The van der Waals surface area contributed by atoms with E-state index in [4.69, 9.17) is 0 Å². The van der Waals surface area contributed by atoms with Crippen molar-refractivity contribution in [1.29, 1.82) is 0 Å². The zero-order chi connectivity index (χ0) is 12.8. The van der Waals surface area contributed by atoms with Crippen molar-refractivity contribution in [2.24, 2.45) is 0 Å². The van der Waals surface area contributed by atoms with Crippen LogP contribution in [0.25, 0.3) is 0 Å². The largest absolute Gasteiger partial charge is 0.332 e. The minimum Gasteiger partial charge on any atom is -0.332 e. The summed E-state index contributed by atoms with van der Waals surface area (Å²) in [5.41, 5.74) is 0.600. The zero-order valence-corrected chi connectivity index (χ0v) is 11.2. The number of halogens is 1. The second-order valence-corrected chi connectivity index (χ2v) is 4.53. The second-order valence-electron chi connectivity index (χ2n) is 3.62. The molecule has 0 spiro atoms. The van der Waals surface area contributed by atoms with E-state index in [9.17, 15) is 9.59 Å². The van der Waals surface area contributed by atoms with Crippen LogP contribution in [-0.4, -0.2) is 29.7 Å². The van der Waals surface area contributed by atoms with Gasteiger partial charge < -0.3 is 4.90 Å². The molecule has 1 aromatic carbocycles. The number of carbonyl (C=O) groups is 2. The highest BCUT2D eigenvalue weighted by molar-refractivity contribution is 9.10. The second kappa shape index (κ2) is 6.35. The summed E-state index contributed by atoms with van der Waals surface area (Å²) >= 11 is 3.30. The lowest BCUT2D eigenvalue weighted by atomic mass is 10.1. The van der Waals surface area contributed by atoms with Crippen LogP contribution in [0.4, 0.5) is 0 Å². The molecule has 1 aromatic rings. The quantitative estimate of drug-likeness (QED) is 0.619. The van der Waals surface area contributed by atoms with Crippen LogP contribution in [0.15, 0.2) is 41.4 Å². The summed E-state index contributed by atoms with van der Waals surface area (Å²) in [6.45, 7) is 5.48. The lowest BCUT2D eigenvalue weighted by molar-refractivity contribution is -0.127. The van der Waals surface area contributed by atoms with Crippen LogP contribution in [-0.2, 0) is 4.79 Å². The Labute approximate surface area is 109 Å². The predicted molar refractivity (Wildman–Crippen MR) is 70.9 cm³/mol. The first kappa shape index (κ1) is 13.6. The Kier molecular flexibility index (Phi) is 5.10. The van der Waals surface area contributed by atoms with E-state index >= 15 is 0 Å². The molecule has 0 heterocycles. The highest BCUT2D eigenvalue weighted by atomic mass is 79.9. The van der Waals surface area contributed by atoms with Gasteiger partial charge in [-0.2, -0.15) is 0 Å². The Morgan fingerprint density at radius 2 is 1.94 bits per heavy atom. The summed E-state index contributed by atoms with van der Waals surface area (Å²) in [6, 6.07) is 7.08. The van der Waals surface area contributed by atoms with Crippen molar-refractivity contribution in [3.63, 3.8) is 0 Å². The SMILES string of the molecule is C=CCN(CC(=O)c1ccc(Br)cc1)C(C)=O. The van der Waals surface area contributed by atoms with Gasteiger partial charge in [-0.15, -0.1) is 6.58 Å². The smallest absolute Gasteiger partial charge is 0.220 e. The number of rotatable bonds is 5. The number of ketones is 1. The van der Waals surface area contributed by atoms with Gasteiger partial charge >= 0.3 is 0 Å². The van der Waals surface area contributed by atoms with E-state index in [1.165, 1.54) is 11.8 Å². The van der Waals surface area contributed by atoms with E-state index in [2.05, 4.69) is 22.5 Å². The first-order valence-corrected chi connectivity index (χ1v) is 5.99. The Morgan fingerprint density at radius 1 is 1.35 bits per heavy atom. The normalized spacial score (nSPS) is 9.76. The fraction of sp³-hybridized carbons (Fsp3) is 0.231. The van der Waals surface area contributed by atoms with Crippen LogP contribution in [0.5, 0.6) is 0 Å². The number of nitrogens with zero attached hydrogens (tertiary/aromatic N) is 1. The van der Waals surface area contributed by atoms with Crippen molar-refractivity contribution in [3.05, 3.63) is 47.0 Å². The summed E-state index contributed by atoms with van der Waals surface area (Å²) in [5.74, 6) is -0.204. The molecule has 4 heteroatoms. The molecule has 0 aliphatic heterocycles. The van der Waals surface area contributed by atoms with Crippen LogP contribution in [0.2, 0.25) is 0 Å². The third-order valence-corrected chi connectivity index (χ3v) is 2.82. The lowest BCUT2D eigenvalue weighted by Crippen LogP contribution is -2.34. The Balaban J connectivity index is 2.73. The minimum atomic E-state index is -0.129. The number of hydrogen-bond acceptors (Lipinski definition) is 2. The average molecular weight is 296 g/mol. The van der Waals surface area contributed by atoms with Crippen molar-refractivity contribution in [1.82, 2.24) is 4.90 Å². The maximum Gasteiger partial charge on any atom is 0.220 e. The van der Waals surface area contributed by atoms with Crippen LogP contribution < -0.4 is 0 Å². The molecule has 0 unspecified atom stereocenters. The highest BCUT2D eigenvalue weighted by Gasteiger charge is 2.13. The number of Topliss-reactive ketones (excluding diaryl/α,β-unsaturated/α-hetero) is 1. The van der Waals surface area contributed by atoms with Gasteiger partial charge in [0.25, 0.3) is 0 Å². The van der Waals surface area contributed by atoms with Gasteiger partial charge in [0.15, 0.2) is 5.78 Å². The molecule has 90 valence electrons. The molecule has 0 N–H and O–H groups in total. The van der Waals surface area contributed by atoms with Crippen molar-refractivity contribution >= 4 is 27.6 Å². The van der Waals surface area contributed by atoms with Crippen molar-refractivity contribution in [2.45, 2.75) is 6.92 Å². The van der Waals surface area contributed by atoms with Gasteiger partial charge in [-0.05, 0) is 12.1 Å². The molecule has 0 radical (unpaired) electrons. The fourth-order valence-electron chi connectivity index (χ4n) is 1.36. The summed E-state index contributed by atoms with van der Waals surface area (Å²) in [6.07, 6.45) is 1.61. The van der Waals surface area contributed by atoms with Gasteiger partial charge in [0, 0.05) is 23.5 Å². The Bertz CT molecular complexity index is 426. The van der Waals surface area contributed by atoms with Gasteiger partial charge in [0.2, 0.25) is 5.91 Å². The van der Waals surface area contributed by atoms with Crippen molar-refractivity contribution in [2.75, 3.05) is 13.1 Å². The molecule has 1 amide bonds. The standard InChI is InChI=1S/C13H14BrNO2/c1-3-8-15(10(2)16)9-13(17)11-4-6-12(14)7-5-11/h3-7H,1,8-9H2,2H3. The van der Waals surface area contributed by atoms with E-state index in [0.29, 0.717) is 12.1 Å². The predicted octanol–water partition coefficient (Wildman–Crippen LogP) is 2.67. The summed E-state index contributed by atoms with van der Waals surface area (Å²) in [5, 5.41) is 0. The molecule has 0 aliphatic rings. The number of benzene rings is 1. The topological polar surface area (TPSA) is 37.4 Å². The van der Waals surface area contributed by atoms with Crippen LogP contribution in [0.3, 0.4) is 0 Å². The van der Waals surface area contributed by atoms with E-state index in [0.717, 1.165) is 4.47 Å². The summed E-state index contributed by atoms with van der Waals surface area (Å²) in [4.78, 5) is 24.6. The molecule has 0 aromatic heterocycles. The number of hydrogen-bond donors (Lipinski definition) is 0. The molecule has 0 saturated heterocycles. The molecule has 0 bridgehead atoms. The van der Waals surface area contributed by atoms with E-state index in [1.807, 2.05) is 0 Å². The molecule has 3 nitrogen and oxygen atoms in total. The molecule has 0 atom stereocenters. The van der Waals surface area contributed by atoms with Crippen molar-refractivity contribution < 1.29 is 9.59 Å². The number of amides is 1. The van der Waals surface area contributed by atoms with Crippen molar-refractivity contribution in [3.8, 4) is 0 Å². The molecular weight excluding hydrogens is 282 g/mol. The van der Waals surface area contributed by atoms with Crippen LogP contribution in [0.1, 0.15) is 17.3 Å². The average Bonchev–Trinajstić information content (AvgIpc) is 2.29. The maximum atomic E-state index is 11.9. The van der Waals surface area contributed by atoms with Gasteiger partial charge in [-0.1, -0.05) is 34.1 Å². The van der Waals surface area contributed by atoms with Crippen LogP contribution in [0, 0.1) is 0 Å². The maximum absolute atomic E-state index is 11.9. The summed E-state index contributed by atoms with van der Waals surface area (Å²) in [7, 11) is 0. The zero-order valence-electron chi connectivity index (χ0n) is 9.65. The van der Waals surface area contributed by atoms with Gasteiger partial charge in [-0.25, -0.2) is 0 Å².